The number of ketones is 1. The topological polar surface area (TPSA) is 60.6 Å². The molecule has 0 bridgehead atoms. The van der Waals surface area contributed by atoms with Gasteiger partial charge in [-0.15, -0.1) is 0 Å². The van der Waals surface area contributed by atoms with Crippen LogP contribution < -0.4 is 9.47 Å². The molecule has 2 fully saturated rings. The Kier molecular flexibility index (Phi) is 6.77. The van der Waals surface area contributed by atoms with E-state index in [1.807, 2.05) is 64.1 Å². The maximum atomic E-state index is 12.5. The third-order valence-corrected chi connectivity index (χ3v) is 5.64. The van der Waals surface area contributed by atoms with Gasteiger partial charge in [-0.3, -0.25) is 4.79 Å². The van der Waals surface area contributed by atoms with Gasteiger partial charge in [0.05, 0.1) is 13.2 Å². The second-order valence-corrected chi connectivity index (χ2v) is 8.54. The Morgan fingerprint density at radius 2 is 1.12 bits per heavy atom. The van der Waals surface area contributed by atoms with E-state index in [1.54, 1.807) is 12.2 Å². The van der Waals surface area contributed by atoms with Gasteiger partial charge in [-0.1, -0.05) is 12.2 Å². The van der Waals surface area contributed by atoms with Crippen LogP contribution in [0.5, 0.6) is 11.5 Å². The van der Waals surface area contributed by atoms with Gasteiger partial charge in [0, 0.05) is 0 Å². The highest BCUT2D eigenvalue weighted by Crippen LogP contribution is 2.26. The molecule has 2 aliphatic rings. The number of allylic oxidation sites excluding steroid dienone is 2. The third kappa shape index (κ3) is 6.09. The number of hydrogen-bond acceptors (Lipinski definition) is 5. The van der Waals surface area contributed by atoms with E-state index in [2.05, 4.69) is 0 Å². The van der Waals surface area contributed by atoms with Gasteiger partial charge in [0.2, 0.25) is 0 Å². The molecule has 2 saturated heterocycles. The fourth-order valence-corrected chi connectivity index (χ4v) is 3.66. The molecule has 168 valence electrons. The van der Waals surface area contributed by atoms with E-state index in [0.29, 0.717) is 13.2 Å². The molecule has 2 aromatic carbocycles. The number of hydrogen-bond donors (Lipinski definition) is 0. The van der Waals surface area contributed by atoms with Gasteiger partial charge in [-0.05, 0) is 97.5 Å². The van der Waals surface area contributed by atoms with Crippen LogP contribution in [0.4, 0.5) is 0 Å². The summed E-state index contributed by atoms with van der Waals surface area (Å²) in [5.41, 5.74) is 6.37. The Morgan fingerprint density at radius 3 is 1.44 bits per heavy atom. The zero-order valence-electron chi connectivity index (χ0n) is 19.1. The van der Waals surface area contributed by atoms with Crippen molar-refractivity contribution in [1.29, 1.82) is 0 Å². The molecular weight excluding hydrogens is 404 g/mol. The molecule has 4 rings (SSSR count). The molecule has 0 N–H and O–H groups in total. The third-order valence-electron chi connectivity index (χ3n) is 5.64. The van der Waals surface area contributed by atoms with Gasteiger partial charge in [-0.25, -0.2) is 0 Å². The quantitative estimate of drug-likeness (QED) is 0.398. The molecule has 32 heavy (non-hydrogen) atoms. The molecule has 5 nitrogen and oxygen atoms in total. The predicted molar refractivity (Wildman–Crippen MR) is 125 cm³/mol. The lowest BCUT2D eigenvalue weighted by Gasteiger charge is -2.11. The molecule has 0 aliphatic carbocycles. The number of carbonyl (C=O) groups is 1. The van der Waals surface area contributed by atoms with Crippen molar-refractivity contribution >= 4 is 17.9 Å². The van der Waals surface area contributed by atoms with E-state index in [0.717, 1.165) is 58.1 Å². The van der Waals surface area contributed by atoms with Gasteiger partial charge in [0.15, 0.2) is 5.78 Å². The molecule has 0 radical (unpaired) electrons. The highest BCUT2D eigenvalue weighted by atomic mass is 16.6. The molecule has 0 spiro atoms. The highest BCUT2D eigenvalue weighted by Gasteiger charge is 2.23. The molecule has 0 saturated carbocycles. The van der Waals surface area contributed by atoms with Crippen LogP contribution in [0, 0.1) is 27.7 Å². The molecule has 2 aliphatic heterocycles. The summed E-state index contributed by atoms with van der Waals surface area (Å²) in [6.45, 7) is 10.8. The van der Waals surface area contributed by atoms with Crippen molar-refractivity contribution < 1.29 is 23.7 Å². The van der Waals surface area contributed by atoms with E-state index >= 15 is 0 Å². The highest BCUT2D eigenvalue weighted by molar-refractivity contribution is 6.04. The number of benzene rings is 2. The summed E-state index contributed by atoms with van der Waals surface area (Å²) in [6, 6.07) is 8.00. The van der Waals surface area contributed by atoms with Crippen molar-refractivity contribution in [3.63, 3.8) is 0 Å². The van der Waals surface area contributed by atoms with E-state index in [1.165, 1.54) is 0 Å². The Morgan fingerprint density at radius 1 is 0.781 bits per heavy atom. The summed E-state index contributed by atoms with van der Waals surface area (Å²) < 4.78 is 21.9. The van der Waals surface area contributed by atoms with Crippen LogP contribution in [0.25, 0.3) is 12.2 Å². The van der Waals surface area contributed by atoms with Crippen molar-refractivity contribution in [1.82, 2.24) is 0 Å². The van der Waals surface area contributed by atoms with E-state index in [9.17, 15) is 4.79 Å². The van der Waals surface area contributed by atoms with E-state index < -0.39 is 0 Å². The standard InChI is InChI=1S/C27H30O5/c1-17-9-22(29-13-24-15-31-24)10-18(2)26(17)7-5-21(28)6-8-27-19(3)11-23(12-20(27)4)30-14-25-16-32-25/h5-12,24-25H,13-16H2,1-4H3. The lowest BCUT2D eigenvalue weighted by Crippen LogP contribution is -2.04. The summed E-state index contributed by atoms with van der Waals surface area (Å²) in [5, 5.41) is 0. The van der Waals surface area contributed by atoms with Gasteiger partial charge in [0.1, 0.15) is 36.9 Å². The van der Waals surface area contributed by atoms with E-state index in [-0.39, 0.29) is 18.0 Å². The summed E-state index contributed by atoms with van der Waals surface area (Å²) in [4.78, 5) is 12.5. The van der Waals surface area contributed by atoms with Crippen molar-refractivity contribution in [3.8, 4) is 11.5 Å². The monoisotopic (exact) mass is 434 g/mol. The molecule has 5 heteroatoms. The van der Waals surface area contributed by atoms with Gasteiger partial charge in [-0.2, -0.15) is 0 Å². The Balaban J connectivity index is 1.39. The first kappa shape index (κ1) is 22.3. The summed E-state index contributed by atoms with van der Waals surface area (Å²) >= 11 is 0. The SMILES string of the molecule is Cc1cc(OCC2CO2)cc(C)c1C=CC(=O)C=Cc1c(C)cc(OCC2CO2)cc1C. The molecule has 2 unspecified atom stereocenters. The Hall–Kier alpha value is -2.89. The first-order chi connectivity index (χ1) is 15.4. The minimum absolute atomic E-state index is 0.0555. The molecule has 0 amide bonds. The van der Waals surface area contributed by atoms with Crippen LogP contribution in [0.2, 0.25) is 0 Å². The zero-order valence-corrected chi connectivity index (χ0v) is 19.1. The van der Waals surface area contributed by atoms with Crippen LogP contribution in [-0.4, -0.2) is 44.4 Å². The average molecular weight is 435 g/mol. The van der Waals surface area contributed by atoms with Crippen LogP contribution in [-0.2, 0) is 14.3 Å². The maximum Gasteiger partial charge on any atom is 0.178 e. The Bertz CT molecular complexity index is 928. The number of ether oxygens (including phenoxy) is 4. The van der Waals surface area contributed by atoms with Crippen LogP contribution >= 0.6 is 0 Å². The lowest BCUT2D eigenvalue weighted by atomic mass is 10.0. The van der Waals surface area contributed by atoms with Gasteiger partial charge in [0.25, 0.3) is 0 Å². The fourth-order valence-electron chi connectivity index (χ4n) is 3.66. The van der Waals surface area contributed by atoms with E-state index in [4.69, 9.17) is 18.9 Å². The van der Waals surface area contributed by atoms with Crippen LogP contribution in [0.15, 0.2) is 36.4 Å². The summed E-state index contributed by atoms with van der Waals surface area (Å²) in [7, 11) is 0. The second kappa shape index (κ2) is 9.72. The minimum Gasteiger partial charge on any atom is -0.491 e. The Labute approximate surface area is 189 Å². The van der Waals surface area contributed by atoms with Gasteiger partial charge < -0.3 is 18.9 Å². The molecule has 2 aromatic rings. The second-order valence-electron chi connectivity index (χ2n) is 8.54. The number of aryl methyl sites for hydroxylation is 4. The minimum atomic E-state index is -0.0555. The molecular formula is C27H30O5. The zero-order chi connectivity index (χ0) is 22.7. The lowest BCUT2D eigenvalue weighted by molar-refractivity contribution is -0.110. The number of rotatable bonds is 10. The molecule has 0 aromatic heterocycles. The van der Waals surface area contributed by atoms with Crippen molar-refractivity contribution in [2.24, 2.45) is 0 Å². The smallest absolute Gasteiger partial charge is 0.178 e. The largest absolute Gasteiger partial charge is 0.491 e. The van der Waals surface area contributed by atoms with Crippen molar-refractivity contribution in [3.05, 3.63) is 69.8 Å². The number of epoxide rings is 2. The van der Waals surface area contributed by atoms with Crippen LogP contribution in [0.1, 0.15) is 33.4 Å². The average Bonchev–Trinajstić information content (AvgIpc) is 3.64. The normalized spacial score (nSPS) is 19.5. The number of carbonyl (C=O) groups excluding carboxylic acids is 1. The first-order valence-corrected chi connectivity index (χ1v) is 11.0. The van der Waals surface area contributed by atoms with Crippen molar-refractivity contribution in [2.75, 3.05) is 26.4 Å². The van der Waals surface area contributed by atoms with Crippen LogP contribution in [0.3, 0.4) is 0 Å². The summed E-state index contributed by atoms with van der Waals surface area (Å²) in [5.74, 6) is 1.61. The van der Waals surface area contributed by atoms with Crippen molar-refractivity contribution in [2.45, 2.75) is 39.9 Å². The first-order valence-electron chi connectivity index (χ1n) is 11.0. The van der Waals surface area contributed by atoms with Gasteiger partial charge >= 0.3 is 0 Å². The molecule has 2 heterocycles. The predicted octanol–water partition coefficient (Wildman–Crippen LogP) is 4.77. The summed E-state index contributed by atoms with van der Waals surface area (Å²) in [6.07, 6.45) is 7.44. The fraction of sp³-hybridized carbons (Fsp3) is 0.370. The molecule has 2 atom stereocenters. The maximum absolute atomic E-state index is 12.5.